The fourth-order valence-electron chi connectivity index (χ4n) is 1.24. The molecule has 0 aromatic heterocycles. The molecule has 0 aliphatic carbocycles. The third-order valence-electron chi connectivity index (χ3n) is 2.00. The number of fused-ring (bicyclic) bond motifs is 1. The molecule has 0 saturated heterocycles. The first-order valence-electron chi connectivity index (χ1n) is 4.88. The van der Waals surface area contributed by atoms with E-state index in [2.05, 4.69) is 15.0 Å². The fourth-order valence-corrected chi connectivity index (χ4v) is 2.17. The third kappa shape index (κ3) is 2.81. The van der Waals surface area contributed by atoms with Gasteiger partial charge >= 0.3 is 0 Å². The number of benzene rings is 1. The molecule has 0 radical (unpaired) electrons. The number of rotatable bonds is 2. The quantitative estimate of drug-likeness (QED) is 0.711. The molecule has 0 bridgehead atoms. The lowest BCUT2D eigenvalue weighted by Gasteiger charge is -2.19. The van der Waals surface area contributed by atoms with E-state index in [-0.39, 0.29) is 0 Å². The molecule has 1 aliphatic rings. The molecule has 3 N–H and O–H groups in total. The van der Waals surface area contributed by atoms with Crippen molar-refractivity contribution >= 4 is 35.2 Å². The minimum absolute atomic E-state index is 0.402. The highest BCUT2D eigenvalue weighted by molar-refractivity contribution is 7.98. The molecule has 16 heavy (non-hydrogen) atoms. The van der Waals surface area contributed by atoms with Crippen molar-refractivity contribution in [3.8, 4) is 0 Å². The topological polar surface area (TPSA) is 56.6 Å². The maximum absolute atomic E-state index is 9.15. The van der Waals surface area contributed by atoms with Crippen molar-refractivity contribution in [3.05, 3.63) is 23.2 Å². The lowest BCUT2D eigenvalue weighted by molar-refractivity contribution is 0.198. The Kier molecular flexibility index (Phi) is 3.58. The standard InChI is InChI=1S/C10H12ClN3OS/c1-6(15)5-12-10-13-8-3-2-7(11)4-9(8)16-14-10/h2-4,6,15H,5H2,1H3,(H2,12,13,14). The highest BCUT2D eigenvalue weighted by Crippen LogP contribution is 2.33. The van der Waals surface area contributed by atoms with E-state index in [0.717, 1.165) is 10.6 Å². The summed E-state index contributed by atoms with van der Waals surface area (Å²) in [4.78, 5) is 0.995. The average Bonchev–Trinajstić information content (AvgIpc) is 2.26. The van der Waals surface area contributed by atoms with E-state index in [0.29, 0.717) is 17.5 Å². The van der Waals surface area contributed by atoms with Gasteiger partial charge in [0.1, 0.15) is 0 Å². The first-order chi connectivity index (χ1) is 7.65. The van der Waals surface area contributed by atoms with Gasteiger partial charge in [-0.25, -0.2) is 0 Å². The van der Waals surface area contributed by atoms with Crippen molar-refractivity contribution in [2.45, 2.75) is 17.9 Å². The van der Waals surface area contributed by atoms with Crippen LogP contribution >= 0.6 is 23.5 Å². The Labute approximate surface area is 103 Å². The molecule has 6 heteroatoms. The Balaban J connectivity index is 2.04. The Morgan fingerprint density at radius 3 is 3.19 bits per heavy atom. The fraction of sp³-hybridized carbons (Fsp3) is 0.300. The Morgan fingerprint density at radius 2 is 2.44 bits per heavy atom. The van der Waals surface area contributed by atoms with Gasteiger partial charge in [-0.1, -0.05) is 11.6 Å². The maximum Gasteiger partial charge on any atom is 0.207 e. The molecule has 1 heterocycles. The van der Waals surface area contributed by atoms with E-state index >= 15 is 0 Å². The number of aliphatic hydroxyl groups excluding tert-OH is 1. The smallest absolute Gasteiger partial charge is 0.207 e. The summed E-state index contributed by atoms with van der Waals surface area (Å²) in [5, 5.41) is 16.0. The molecule has 1 atom stereocenters. The minimum atomic E-state index is -0.402. The van der Waals surface area contributed by atoms with E-state index in [1.165, 1.54) is 11.9 Å². The van der Waals surface area contributed by atoms with Gasteiger partial charge in [0.2, 0.25) is 5.96 Å². The van der Waals surface area contributed by atoms with Crippen LogP contribution in [0.1, 0.15) is 6.92 Å². The van der Waals surface area contributed by atoms with Gasteiger partial charge in [-0.15, -0.1) is 0 Å². The zero-order valence-corrected chi connectivity index (χ0v) is 10.3. The number of aliphatic hydroxyl groups is 1. The monoisotopic (exact) mass is 257 g/mol. The summed E-state index contributed by atoms with van der Waals surface area (Å²) in [6, 6.07) is 5.60. The van der Waals surface area contributed by atoms with Gasteiger partial charge in [0.25, 0.3) is 0 Å². The van der Waals surface area contributed by atoms with Crippen LogP contribution in [0, 0.1) is 0 Å². The van der Waals surface area contributed by atoms with Gasteiger partial charge in [-0.3, -0.25) is 0 Å². The first kappa shape index (κ1) is 11.6. The molecule has 0 spiro atoms. The highest BCUT2D eigenvalue weighted by Gasteiger charge is 2.12. The Bertz CT molecular complexity index is 423. The van der Waals surface area contributed by atoms with E-state index in [4.69, 9.17) is 16.7 Å². The van der Waals surface area contributed by atoms with Gasteiger partial charge in [0, 0.05) is 23.5 Å². The molecule has 1 unspecified atom stereocenters. The van der Waals surface area contributed by atoms with Crippen LogP contribution in [0.2, 0.25) is 5.02 Å². The summed E-state index contributed by atoms with van der Waals surface area (Å²) < 4.78 is 4.23. The van der Waals surface area contributed by atoms with Gasteiger partial charge in [-0.05, 0) is 25.1 Å². The lowest BCUT2D eigenvalue weighted by atomic mass is 10.3. The van der Waals surface area contributed by atoms with Gasteiger partial charge in [0.05, 0.1) is 16.7 Å². The summed E-state index contributed by atoms with van der Waals surface area (Å²) in [7, 11) is 0. The molecule has 0 saturated carbocycles. The van der Waals surface area contributed by atoms with Crippen LogP contribution in [0.5, 0.6) is 0 Å². The van der Waals surface area contributed by atoms with Crippen molar-refractivity contribution in [3.63, 3.8) is 0 Å². The molecular formula is C10H12ClN3OS. The number of nitrogens with one attached hydrogen (secondary N) is 2. The van der Waals surface area contributed by atoms with E-state index in [1.54, 1.807) is 6.92 Å². The Hall–Kier alpha value is -0.910. The molecule has 1 aliphatic heterocycles. The zero-order chi connectivity index (χ0) is 11.5. The van der Waals surface area contributed by atoms with E-state index in [1.807, 2.05) is 18.2 Å². The molecular weight excluding hydrogens is 246 g/mol. The van der Waals surface area contributed by atoms with Crippen molar-refractivity contribution in [2.24, 2.45) is 4.40 Å². The van der Waals surface area contributed by atoms with Crippen LogP contribution in [0.3, 0.4) is 0 Å². The van der Waals surface area contributed by atoms with Crippen molar-refractivity contribution < 1.29 is 5.11 Å². The van der Waals surface area contributed by atoms with Gasteiger partial charge in [-0.2, -0.15) is 4.40 Å². The van der Waals surface area contributed by atoms with Crippen molar-refractivity contribution in [1.82, 2.24) is 5.32 Å². The van der Waals surface area contributed by atoms with Crippen molar-refractivity contribution in [1.29, 1.82) is 0 Å². The number of nitrogens with zero attached hydrogens (tertiary/aromatic N) is 1. The van der Waals surface area contributed by atoms with Gasteiger partial charge < -0.3 is 15.7 Å². The summed E-state index contributed by atoms with van der Waals surface area (Å²) >= 11 is 7.24. The average molecular weight is 258 g/mol. The second-order valence-electron chi connectivity index (χ2n) is 3.53. The van der Waals surface area contributed by atoms with Crippen molar-refractivity contribution in [2.75, 3.05) is 11.9 Å². The highest BCUT2D eigenvalue weighted by atomic mass is 35.5. The predicted octanol–water partition coefficient (Wildman–Crippen LogP) is 2.10. The summed E-state index contributed by atoms with van der Waals surface area (Å²) in [5.74, 6) is 0.653. The van der Waals surface area contributed by atoms with Gasteiger partial charge in [0.15, 0.2) is 0 Å². The summed E-state index contributed by atoms with van der Waals surface area (Å²) in [5.41, 5.74) is 0.970. The second-order valence-corrected chi connectivity index (χ2v) is 4.77. The maximum atomic E-state index is 9.15. The molecule has 0 amide bonds. The minimum Gasteiger partial charge on any atom is -0.392 e. The van der Waals surface area contributed by atoms with Crippen LogP contribution in [0.15, 0.2) is 27.5 Å². The predicted molar refractivity (Wildman–Crippen MR) is 68.1 cm³/mol. The summed E-state index contributed by atoms with van der Waals surface area (Å²) in [6.45, 7) is 2.19. The van der Waals surface area contributed by atoms with E-state index in [9.17, 15) is 0 Å². The number of hydrogen-bond acceptors (Lipinski definition) is 5. The van der Waals surface area contributed by atoms with Crippen LogP contribution in [-0.2, 0) is 0 Å². The lowest BCUT2D eigenvalue weighted by Crippen LogP contribution is -2.36. The SMILES string of the molecule is CC(O)CNC1=NSc2cc(Cl)ccc2N1. The number of halogens is 1. The molecule has 0 fully saturated rings. The number of hydrogen-bond donors (Lipinski definition) is 3. The molecule has 2 rings (SSSR count). The normalized spacial score (nSPS) is 15.8. The zero-order valence-electron chi connectivity index (χ0n) is 8.70. The summed E-state index contributed by atoms with van der Waals surface area (Å²) in [6.07, 6.45) is -0.402. The third-order valence-corrected chi connectivity index (χ3v) is 3.04. The van der Waals surface area contributed by atoms with Crippen LogP contribution < -0.4 is 10.6 Å². The number of anilines is 1. The van der Waals surface area contributed by atoms with E-state index < -0.39 is 6.10 Å². The number of guanidine groups is 1. The molecule has 1 aromatic carbocycles. The largest absolute Gasteiger partial charge is 0.392 e. The second kappa shape index (κ2) is 4.95. The Morgan fingerprint density at radius 1 is 1.62 bits per heavy atom. The van der Waals surface area contributed by atoms with Crippen LogP contribution in [0.25, 0.3) is 0 Å². The van der Waals surface area contributed by atoms with Crippen LogP contribution in [0.4, 0.5) is 5.69 Å². The first-order valence-corrected chi connectivity index (χ1v) is 6.04. The molecule has 86 valence electrons. The van der Waals surface area contributed by atoms with Crippen LogP contribution in [-0.4, -0.2) is 23.7 Å². The molecule has 1 aromatic rings. The molecule has 4 nitrogen and oxygen atoms in total.